The fourth-order valence-electron chi connectivity index (χ4n) is 8.85. The van der Waals surface area contributed by atoms with E-state index >= 15 is 0 Å². The molecule has 2 heteroatoms. The summed E-state index contributed by atoms with van der Waals surface area (Å²) in [5.74, 6) is 6.57. The first-order valence-corrected chi connectivity index (χ1v) is 13.8. The van der Waals surface area contributed by atoms with E-state index in [0.717, 1.165) is 52.5 Å². The molecular formula is C21H33PS. The molecule has 6 fully saturated rings. The highest BCUT2D eigenvalue weighted by atomic mass is 32.4. The molecule has 6 aliphatic rings. The van der Waals surface area contributed by atoms with E-state index in [4.69, 9.17) is 11.8 Å². The van der Waals surface area contributed by atoms with E-state index in [2.05, 4.69) is 0 Å². The van der Waals surface area contributed by atoms with Crippen molar-refractivity contribution >= 4 is 17.8 Å². The van der Waals surface area contributed by atoms with Crippen LogP contribution in [0.15, 0.2) is 0 Å². The third-order valence-electron chi connectivity index (χ3n) is 9.66. The first-order valence-electron chi connectivity index (χ1n) is 10.8. The minimum atomic E-state index is -1.16. The predicted octanol–water partition coefficient (Wildman–Crippen LogP) is 6.03. The Kier molecular flexibility index (Phi) is 3.27. The molecule has 0 aliphatic heterocycles. The van der Waals surface area contributed by atoms with Crippen LogP contribution in [0.5, 0.6) is 0 Å². The van der Waals surface area contributed by atoms with Gasteiger partial charge in [0, 0.05) is 0 Å². The molecule has 6 aliphatic carbocycles. The molecule has 0 heterocycles. The Bertz CT molecular complexity index is 480. The van der Waals surface area contributed by atoms with Crippen LogP contribution in [0.1, 0.15) is 77.0 Å². The lowest BCUT2D eigenvalue weighted by atomic mass is 9.99. The average Bonchev–Trinajstić information content (AvgIpc) is 3.40. The molecule has 6 saturated carbocycles. The van der Waals surface area contributed by atoms with Gasteiger partial charge in [-0.3, -0.25) is 0 Å². The van der Waals surface area contributed by atoms with Gasteiger partial charge in [-0.15, -0.1) is 0 Å². The van der Waals surface area contributed by atoms with Crippen molar-refractivity contribution in [3.63, 3.8) is 0 Å². The van der Waals surface area contributed by atoms with Gasteiger partial charge in [-0.25, -0.2) is 0 Å². The molecule has 128 valence electrons. The minimum Gasteiger partial charge on any atom is -0.0966 e. The van der Waals surface area contributed by atoms with Crippen LogP contribution in [0.4, 0.5) is 0 Å². The van der Waals surface area contributed by atoms with Gasteiger partial charge >= 0.3 is 0 Å². The molecule has 23 heavy (non-hydrogen) atoms. The molecule has 0 nitrogen and oxygen atoms in total. The summed E-state index contributed by atoms with van der Waals surface area (Å²) in [4.78, 5) is 0. The van der Waals surface area contributed by atoms with Crippen LogP contribution in [-0.2, 0) is 11.8 Å². The van der Waals surface area contributed by atoms with Gasteiger partial charge in [-0.2, -0.15) is 0 Å². The molecule has 0 aromatic heterocycles. The van der Waals surface area contributed by atoms with Gasteiger partial charge in [0.1, 0.15) is 0 Å². The second-order valence-electron chi connectivity index (χ2n) is 10.5. The molecule has 0 N–H and O–H groups in total. The highest BCUT2D eigenvalue weighted by Gasteiger charge is 2.59. The van der Waals surface area contributed by atoms with E-state index in [-0.39, 0.29) is 0 Å². The molecule has 9 atom stereocenters. The Labute approximate surface area is 147 Å². The molecule has 0 aromatic carbocycles. The van der Waals surface area contributed by atoms with Crippen molar-refractivity contribution in [2.24, 2.45) is 35.5 Å². The van der Waals surface area contributed by atoms with Crippen molar-refractivity contribution in [2.45, 2.75) is 94.0 Å². The third-order valence-corrected chi connectivity index (χ3v) is 17.1. The van der Waals surface area contributed by atoms with Crippen LogP contribution >= 0.6 is 6.04 Å². The Balaban J connectivity index is 1.39. The largest absolute Gasteiger partial charge is 0.0966 e. The van der Waals surface area contributed by atoms with Gasteiger partial charge in [0.15, 0.2) is 0 Å². The number of hydrogen-bond acceptors (Lipinski definition) is 1. The maximum Gasteiger partial charge on any atom is -0.00823 e. The molecule has 0 amide bonds. The average molecular weight is 349 g/mol. The summed E-state index contributed by atoms with van der Waals surface area (Å²) in [7, 11) is 0. The second-order valence-corrected chi connectivity index (χ2v) is 15.9. The first kappa shape index (κ1) is 14.8. The monoisotopic (exact) mass is 348 g/mol. The zero-order valence-corrected chi connectivity index (χ0v) is 16.2. The summed E-state index contributed by atoms with van der Waals surface area (Å²) >= 11 is 6.98. The highest BCUT2D eigenvalue weighted by molar-refractivity contribution is 8.15. The van der Waals surface area contributed by atoms with Crippen molar-refractivity contribution in [2.75, 3.05) is 0 Å². The number of rotatable bonds is 3. The van der Waals surface area contributed by atoms with Crippen LogP contribution in [0.25, 0.3) is 0 Å². The molecule has 9 unspecified atom stereocenters. The molecule has 0 radical (unpaired) electrons. The van der Waals surface area contributed by atoms with E-state index in [1.54, 1.807) is 77.0 Å². The van der Waals surface area contributed by atoms with Crippen LogP contribution in [0, 0.1) is 35.5 Å². The SMILES string of the molecule is S=P(C1CC2CCC1C2)(C1CC2CCC1C2)C1CC2CCC1C2. The van der Waals surface area contributed by atoms with Crippen LogP contribution in [0.2, 0.25) is 0 Å². The molecule has 0 spiro atoms. The minimum absolute atomic E-state index is 1.06. The van der Waals surface area contributed by atoms with E-state index < -0.39 is 6.04 Å². The summed E-state index contributed by atoms with van der Waals surface area (Å²) in [5.41, 5.74) is 3.18. The summed E-state index contributed by atoms with van der Waals surface area (Å²) < 4.78 is 0. The van der Waals surface area contributed by atoms with Gasteiger partial charge in [0.25, 0.3) is 0 Å². The standard InChI is InChI=1S/C21H33PS/c23-22(19-10-13-1-4-16(19)7-13,20-11-14-2-5-17(20)8-14)21-12-15-3-6-18(21)9-15/h13-21H,1-12H2. The van der Waals surface area contributed by atoms with E-state index in [1.165, 1.54) is 0 Å². The topological polar surface area (TPSA) is 0 Å². The molecule has 0 saturated heterocycles. The van der Waals surface area contributed by atoms with Crippen molar-refractivity contribution in [1.29, 1.82) is 0 Å². The van der Waals surface area contributed by atoms with Crippen LogP contribution < -0.4 is 0 Å². The number of hydrogen-bond donors (Lipinski definition) is 0. The van der Waals surface area contributed by atoms with Gasteiger partial charge in [-0.05, 0) is 116 Å². The fraction of sp³-hybridized carbons (Fsp3) is 1.00. The Hall–Kier alpha value is 0.650. The summed E-state index contributed by atoms with van der Waals surface area (Å²) in [6, 6.07) is -1.16. The third kappa shape index (κ3) is 1.99. The van der Waals surface area contributed by atoms with Crippen molar-refractivity contribution in [1.82, 2.24) is 0 Å². The maximum atomic E-state index is 6.98. The molecular weight excluding hydrogens is 315 g/mol. The summed E-state index contributed by atoms with van der Waals surface area (Å²) in [6.07, 6.45) is 18.9. The van der Waals surface area contributed by atoms with Gasteiger partial charge in [0.2, 0.25) is 0 Å². The zero-order valence-electron chi connectivity index (χ0n) is 14.5. The molecule has 6 bridgehead atoms. The van der Waals surface area contributed by atoms with E-state index in [0.29, 0.717) is 0 Å². The zero-order chi connectivity index (χ0) is 15.2. The predicted molar refractivity (Wildman–Crippen MR) is 102 cm³/mol. The lowest BCUT2D eigenvalue weighted by Gasteiger charge is -2.48. The highest BCUT2D eigenvalue weighted by Crippen LogP contribution is 2.78. The van der Waals surface area contributed by atoms with E-state index in [1.807, 2.05) is 0 Å². The summed E-state index contributed by atoms with van der Waals surface area (Å²) in [5, 5.41) is 0. The quantitative estimate of drug-likeness (QED) is 0.561. The summed E-state index contributed by atoms with van der Waals surface area (Å²) in [6.45, 7) is 0. The molecule has 6 rings (SSSR count). The van der Waals surface area contributed by atoms with Crippen LogP contribution in [0.3, 0.4) is 0 Å². The molecule has 0 aromatic rings. The fourth-order valence-corrected chi connectivity index (χ4v) is 17.3. The van der Waals surface area contributed by atoms with Crippen molar-refractivity contribution in [3.8, 4) is 0 Å². The number of fused-ring (bicyclic) bond motifs is 6. The smallest absolute Gasteiger partial charge is 0.00823 e. The Morgan fingerprint density at radius 3 is 1.04 bits per heavy atom. The normalized spacial score (nSPS) is 59.0. The van der Waals surface area contributed by atoms with E-state index in [9.17, 15) is 0 Å². The first-order chi connectivity index (χ1) is 11.2. The lowest BCUT2D eigenvalue weighted by molar-refractivity contribution is 0.435. The van der Waals surface area contributed by atoms with Gasteiger partial charge in [-0.1, -0.05) is 31.1 Å². The lowest BCUT2D eigenvalue weighted by Crippen LogP contribution is -2.35. The van der Waals surface area contributed by atoms with Crippen molar-refractivity contribution < 1.29 is 0 Å². The Morgan fingerprint density at radius 2 is 0.826 bits per heavy atom. The van der Waals surface area contributed by atoms with Crippen molar-refractivity contribution in [3.05, 3.63) is 0 Å². The van der Waals surface area contributed by atoms with Crippen LogP contribution in [-0.4, -0.2) is 17.0 Å². The van der Waals surface area contributed by atoms with Gasteiger partial charge < -0.3 is 0 Å². The second kappa shape index (κ2) is 5.09. The van der Waals surface area contributed by atoms with Gasteiger partial charge in [0.05, 0.1) is 0 Å². The maximum absolute atomic E-state index is 6.98. The Morgan fingerprint density at radius 1 is 0.478 bits per heavy atom.